The molecule has 0 saturated carbocycles. The second-order valence-corrected chi connectivity index (χ2v) is 4.88. The first-order valence-corrected chi connectivity index (χ1v) is 6.75. The first kappa shape index (κ1) is 13.4. The number of carbonyl (C=O) groups excluding carboxylic acids is 1. The number of nitrogens with two attached hydrogens (primary N) is 1. The van der Waals surface area contributed by atoms with E-state index >= 15 is 0 Å². The fourth-order valence-corrected chi connectivity index (χ4v) is 2.43. The fraction of sp³-hybridized carbons (Fsp3) is 0.200. The molecule has 21 heavy (non-hydrogen) atoms. The van der Waals surface area contributed by atoms with Crippen LogP contribution in [-0.4, -0.2) is 22.4 Å². The van der Waals surface area contributed by atoms with Crippen molar-refractivity contribution < 1.29 is 9.18 Å². The van der Waals surface area contributed by atoms with Crippen molar-refractivity contribution in [1.82, 2.24) is 9.97 Å². The van der Waals surface area contributed by atoms with Crippen LogP contribution >= 0.6 is 0 Å². The van der Waals surface area contributed by atoms with Crippen molar-refractivity contribution in [1.29, 1.82) is 0 Å². The zero-order valence-electron chi connectivity index (χ0n) is 11.5. The summed E-state index contributed by atoms with van der Waals surface area (Å²) in [5, 5.41) is 4.56. The molecule has 0 spiro atoms. The molecular formula is C15H15FN4O. The summed E-state index contributed by atoms with van der Waals surface area (Å²) in [5.74, 6) is -0.287. The van der Waals surface area contributed by atoms with Gasteiger partial charge in [-0.1, -0.05) is 6.92 Å². The van der Waals surface area contributed by atoms with Gasteiger partial charge in [0.15, 0.2) is 0 Å². The highest BCUT2D eigenvalue weighted by atomic mass is 19.1. The second-order valence-electron chi connectivity index (χ2n) is 4.88. The van der Waals surface area contributed by atoms with Crippen LogP contribution in [0.15, 0.2) is 24.4 Å². The summed E-state index contributed by atoms with van der Waals surface area (Å²) < 4.78 is 13.5. The lowest BCUT2D eigenvalue weighted by Gasteiger charge is -2.07. The maximum Gasteiger partial charge on any atom is 0.252 e. The number of rotatable bonds is 4. The van der Waals surface area contributed by atoms with Crippen molar-refractivity contribution >= 4 is 33.5 Å². The Labute approximate surface area is 120 Å². The third kappa shape index (κ3) is 2.18. The van der Waals surface area contributed by atoms with Gasteiger partial charge in [0.25, 0.3) is 5.91 Å². The number of halogens is 1. The summed E-state index contributed by atoms with van der Waals surface area (Å²) in [4.78, 5) is 18.9. The molecule has 6 heteroatoms. The third-order valence-electron chi connectivity index (χ3n) is 3.40. The van der Waals surface area contributed by atoms with Crippen LogP contribution in [0.4, 0.5) is 10.2 Å². The molecule has 2 aromatic heterocycles. The van der Waals surface area contributed by atoms with Crippen LogP contribution in [0.5, 0.6) is 0 Å². The lowest BCUT2D eigenvalue weighted by Crippen LogP contribution is -2.13. The van der Waals surface area contributed by atoms with Gasteiger partial charge < -0.3 is 16.0 Å². The molecule has 5 nitrogen and oxygen atoms in total. The van der Waals surface area contributed by atoms with E-state index in [1.54, 1.807) is 6.07 Å². The molecule has 0 unspecified atom stereocenters. The van der Waals surface area contributed by atoms with E-state index in [9.17, 15) is 9.18 Å². The molecule has 0 radical (unpaired) electrons. The van der Waals surface area contributed by atoms with Crippen molar-refractivity contribution in [3.05, 3.63) is 35.8 Å². The topological polar surface area (TPSA) is 83.8 Å². The summed E-state index contributed by atoms with van der Waals surface area (Å²) in [7, 11) is 0. The number of H-pyrrole nitrogens is 1. The van der Waals surface area contributed by atoms with Crippen LogP contribution in [0.25, 0.3) is 21.8 Å². The maximum atomic E-state index is 13.5. The Kier molecular flexibility index (Phi) is 3.21. The zero-order valence-corrected chi connectivity index (χ0v) is 11.5. The number of aromatic amines is 1. The minimum atomic E-state index is -0.568. The number of hydrogen-bond acceptors (Lipinski definition) is 3. The number of pyridine rings is 1. The summed E-state index contributed by atoms with van der Waals surface area (Å²) >= 11 is 0. The summed E-state index contributed by atoms with van der Waals surface area (Å²) in [5.41, 5.74) is 7.00. The Balaban J connectivity index is 2.38. The lowest BCUT2D eigenvalue weighted by molar-refractivity contribution is 0.100. The van der Waals surface area contributed by atoms with Crippen LogP contribution in [0.3, 0.4) is 0 Å². The molecule has 2 heterocycles. The van der Waals surface area contributed by atoms with Gasteiger partial charge in [-0.2, -0.15) is 0 Å². The largest absolute Gasteiger partial charge is 0.370 e. The molecule has 0 aliphatic carbocycles. The molecule has 0 atom stereocenters. The number of primary amides is 1. The number of carbonyl (C=O) groups is 1. The minimum absolute atomic E-state index is 0.295. The quantitative estimate of drug-likeness (QED) is 0.689. The highest BCUT2D eigenvalue weighted by Crippen LogP contribution is 2.32. The van der Waals surface area contributed by atoms with Gasteiger partial charge in [-0.3, -0.25) is 4.79 Å². The highest BCUT2D eigenvalue weighted by molar-refractivity contribution is 6.18. The van der Waals surface area contributed by atoms with E-state index in [2.05, 4.69) is 15.3 Å². The molecule has 0 fully saturated rings. The molecule has 0 aliphatic heterocycles. The Morgan fingerprint density at radius 1 is 1.48 bits per heavy atom. The Hall–Kier alpha value is -2.63. The Morgan fingerprint density at radius 3 is 3.00 bits per heavy atom. The monoisotopic (exact) mass is 286 g/mol. The number of fused-ring (bicyclic) bond motifs is 3. The van der Waals surface area contributed by atoms with Gasteiger partial charge >= 0.3 is 0 Å². The van der Waals surface area contributed by atoms with Crippen LogP contribution in [-0.2, 0) is 0 Å². The summed E-state index contributed by atoms with van der Waals surface area (Å²) in [6.45, 7) is 2.77. The molecule has 1 amide bonds. The van der Waals surface area contributed by atoms with Crippen LogP contribution in [0, 0.1) is 5.82 Å². The average Bonchev–Trinajstić information content (AvgIpc) is 2.83. The lowest BCUT2D eigenvalue weighted by atomic mass is 10.1. The van der Waals surface area contributed by atoms with Crippen molar-refractivity contribution in [3.63, 3.8) is 0 Å². The van der Waals surface area contributed by atoms with Crippen LogP contribution < -0.4 is 11.1 Å². The fourth-order valence-electron chi connectivity index (χ4n) is 2.43. The van der Waals surface area contributed by atoms with E-state index in [0.717, 1.165) is 18.5 Å². The van der Waals surface area contributed by atoms with E-state index in [4.69, 9.17) is 5.73 Å². The second kappa shape index (κ2) is 5.05. The molecule has 0 aliphatic rings. The maximum absolute atomic E-state index is 13.5. The summed E-state index contributed by atoms with van der Waals surface area (Å²) in [6, 6.07) is 4.44. The van der Waals surface area contributed by atoms with E-state index < -0.39 is 5.91 Å². The predicted molar refractivity (Wildman–Crippen MR) is 80.9 cm³/mol. The zero-order chi connectivity index (χ0) is 15.0. The minimum Gasteiger partial charge on any atom is -0.370 e. The predicted octanol–water partition coefficient (Wildman–Crippen LogP) is 2.78. The van der Waals surface area contributed by atoms with E-state index in [1.165, 1.54) is 18.3 Å². The van der Waals surface area contributed by atoms with E-state index in [-0.39, 0.29) is 5.82 Å². The van der Waals surface area contributed by atoms with Crippen molar-refractivity contribution in [2.45, 2.75) is 13.3 Å². The number of anilines is 1. The third-order valence-corrected chi connectivity index (χ3v) is 3.40. The number of aromatic nitrogens is 2. The molecule has 0 saturated heterocycles. The highest BCUT2D eigenvalue weighted by Gasteiger charge is 2.16. The van der Waals surface area contributed by atoms with Gasteiger partial charge in [-0.25, -0.2) is 9.37 Å². The first-order valence-electron chi connectivity index (χ1n) is 6.75. The number of nitrogens with one attached hydrogen (secondary N) is 2. The van der Waals surface area contributed by atoms with E-state index in [0.29, 0.717) is 27.7 Å². The molecule has 0 bridgehead atoms. The number of benzene rings is 1. The van der Waals surface area contributed by atoms with Gasteiger partial charge in [-0.05, 0) is 24.6 Å². The molecule has 4 N–H and O–H groups in total. The molecule has 1 aromatic carbocycles. The van der Waals surface area contributed by atoms with Crippen LogP contribution in [0.2, 0.25) is 0 Å². The van der Waals surface area contributed by atoms with Crippen molar-refractivity contribution in [2.75, 3.05) is 11.9 Å². The number of hydrogen-bond donors (Lipinski definition) is 3. The molecule has 3 aromatic rings. The van der Waals surface area contributed by atoms with Crippen LogP contribution in [0.1, 0.15) is 23.7 Å². The Morgan fingerprint density at radius 2 is 2.29 bits per heavy atom. The van der Waals surface area contributed by atoms with Crippen molar-refractivity contribution in [2.24, 2.45) is 5.73 Å². The van der Waals surface area contributed by atoms with Gasteiger partial charge in [0, 0.05) is 23.6 Å². The molecule has 108 valence electrons. The van der Waals surface area contributed by atoms with Gasteiger partial charge in [-0.15, -0.1) is 0 Å². The summed E-state index contributed by atoms with van der Waals surface area (Å²) in [6.07, 6.45) is 2.37. The Bertz CT molecular complexity index is 840. The molecule has 3 rings (SSSR count). The average molecular weight is 286 g/mol. The smallest absolute Gasteiger partial charge is 0.252 e. The van der Waals surface area contributed by atoms with E-state index in [1.807, 2.05) is 6.92 Å². The number of amides is 1. The van der Waals surface area contributed by atoms with Gasteiger partial charge in [0.1, 0.15) is 11.6 Å². The molecular weight excluding hydrogens is 271 g/mol. The number of nitrogens with zero attached hydrogens (tertiary/aromatic N) is 1. The first-order chi connectivity index (χ1) is 10.1. The SMILES string of the molecule is CCCNc1ncc(C(N)=O)c2[nH]c3ccc(F)cc3c12. The standard InChI is InChI=1S/C15H15FN4O/c1-2-5-18-15-12-9-6-8(16)3-4-11(9)20-13(12)10(7-19-15)14(17)21/h3-4,6-7,20H,2,5H2,1H3,(H2,17,21)(H,18,19). The normalized spacial score (nSPS) is 11.1. The van der Waals surface area contributed by atoms with Gasteiger partial charge in [0.05, 0.1) is 16.5 Å². The van der Waals surface area contributed by atoms with Crippen molar-refractivity contribution in [3.8, 4) is 0 Å². The van der Waals surface area contributed by atoms with Gasteiger partial charge in [0.2, 0.25) is 0 Å².